The molecule has 6 nitrogen and oxygen atoms in total. The van der Waals surface area contributed by atoms with Gasteiger partial charge in [0.25, 0.3) is 0 Å². The standard InChI is InChI=1S/C6H11IO6/c7-12-1-2-3(8)4(9)5(10)6(11)13-2/h2-6,8-11H,1H2/t2-,3-,4+,5+,6?/m1/s1. The van der Waals surface area contributed by atoms with Gasteiger partial charge >= 0.3 is 0 Å². The van der Waals surface area contributed by atoms with Gasteiger partial charge in [-0.2, -0.15) is 0 Å². The third-order valence-electron chi connectivity index (χ3n) is 1.91. The molecule has 4 N–H and O–H groups in total. The van der Waals surface area contributed by atoms with Crippen LogP contribution in [-0.4, -0.2) is 57.7 Å². The molecule has 1 rings (SSSR count). The predicted octanol–water partition coefficient (Wildman–Crippen LogP) is -1.85. The Morgan fingerprint density at radius 2 is 1.69 bits per heavy atom. The van der Waals surface area contributed by atoms with Crippen LogP contribution in [0.4, 0.5) is 0 Å². The minimum absolute atomic E-state index is 0.0303. The molecule has 0 aromatic heterocycles. The number of rotatable bonds is 2. The van der Waals surface area contributed by atoms with Gasteiger partial charge in [-0.1, -0.05) is 0 Å². The summed E-state index contributed by atoms with van der Waals surface area (Å²) < 4.78 is 9.45. The van der Waals surface area contributed by atoms with E-state index < -0.39 is 30.7 Å². The smallest absolute Gasteiger partial charge is 0.184 e. The van der Waals surface area contributed by atoms with Gasteiger partial charge in [0.2, 0.25) is 0 Å². The van der Waals surface area contributed by atoms with Crippen LogP contribution < -0.4 is 0 Å². The van der Waals surface area contributed by atoms with Crippen molar-refractivity contribution in [3.63, 3.8) is 0 Å². The molecule has 13 heavy (non-hydrogen) atoms. The molecule has 1 saturated heterocycles. The Kier molecular flexibility index (Phi) is 4.29. The normalized spacial score (nSPS) is 46.4. The predicted molar refractivity (Wildman–Crippen MR) is 48.9 cm³/mol. The molecule has 0 radical (unpaired) electrons. The second-order valence-corrected chi connectivity index (χ2v) is 3.44. The van der Waals surface area contributed by atoms with Crippen molar-refractivity contribution in [2.24, 2.45) is 0 Å². The van der Waals surface area contributed by atoms with Gasteiger partial charge in [-0.05, 0) is 0 Å². The molecule has 1 unspecified atom stereocenters. The lowest BCUT2D eigenvalue weighted by Crippen LogP contribution is -2.58. The van der Waals surface area contributed by atoms with Crippen LogP contribution in [0.25, 0.3) is 0 Å². The summed E-state index contributed by atoms with van der Waals surface area (Å²) in [4.78, 5) is 0. The van der Waals surface area contributed by atoms with Crippen LogP contribution in [0, 0.1) is 0 Å². The molecule has 1 heterocycles. The lowest BCUT2D eigenvalue weighted by molar-refractivity contribution is -0.284. The Balaban J connectivity index is 2.59. The molecule has 5 atom stereocenters. The topological polar surface area (TPSA) is 99.4 Å². The fourth-order valence-corrected chi connectivity index (χ4v) is 1.49. The first-order valence-electron chi connectivity index (χ1n) is 3.69. The highest BCUT2D eigenvalue weighted by Crippen LogP contribution is 2.20. The fourth-order valence-electron chi connectivity index (χ4n) is 1.13. The lowest BCUT2D eigenvalue weighted by atomic mass is 10.00. The van der Waals surface area contributed by atoms with Gasteiger partial charge in [-0.3, -0.25) is 0 Å². The Bertz CT molecular complexity index is 167. The molecule has 0 saturated carbocycles. The summed E-state index contributed by atoms with van der Waals surface area (Å²) in [5.74, 6) is 0. The first-order chi connectivity index (χ1) is 6.07. The van der Waals surface area contributed by atoms with E-state index in [1.165, 1.54) is 0 Å². The van der Waals surface area contributed by atoms with Crippen LogP contribution in [0.1, 0.15) is 0 Å². The van der Waals surface area contributed by atoms with Crippen molar-refractivity contribution in [1.82, 2.24) is 0 Å². The van der Waals surface area contributed by atoms with Crippen LogP contribution in [0.15, 0.2) is 0 Å². The number of aliphatic hydroxyl groups is 4. The molecule has 0 spiro atoms. The number of ether oxygens (including phenoxy) is 1. The number of hydrogen-bond donors (Lipinski definition) is 4. The van der Waals surface area contributed by atoms with E-state index in [4.69, 9.17) is 14.9 Å². The third kappa shape index (κ3) is 2.49. The van der Waals surface area contributed by atoms with E-state index in [1.54, 1.807) is 23.0 Å². The van der Waals surface area contributed by atoms with Crippen molar-refractivity contribution in [2.45, 2.75) is 30.7 Å². The van der Waals surface area contributed by atoms with Crippen molar-refractivity contribution in [3.8, 4) is 0 Å². The van der Waals surface area contributed by atoms with Gasteiger partial charge in [-0.15, -0.1) is 0 Å². The molecule has 0 bridgehead atoms. The molecule has 0 aromatic rings. The maximum Gasteiger partial charge on any atom is 0.184 e. The summed E-state index contributed by atoms with van der Waals surface area (Å²) in [5.41, 5.74) is 0. The zero-order valence-electron chi connectivity index (χ0n) is 6.58. The maximum absolute atomic E-state index is 9.33. The first kappa shape index (κ1) is 11.6. The van der Waals surface area contributed by atoms with E-state index in [9.17, 15) is 10.2 Å². The second-order valence-electron chi connectivity index (χ2n) is 2.81. The molecule has 1 aliphatic rings. The molecule has 0 amide bonds. The Labute approximate surface area is 88.8 Å². The van der Waals surface area contributed by atoms with E-state index in [-0.39, 0.29) is 6.61 Å². The van der Waals surface area contributed by atoms with Gasteiger partial charge in [0.15, 0.2) is 6.29 Å². The molecule has 78 valence electrons. The summed E-state index contributed by atoms with van der Waals surface area (Å²) in [6, 6.07) is 0. The van der Waals surface area contributed by atoms with Gasteiger partial charge in [-0.25, -0.2) is 0 Å². The average molecular weight is 306 g/mol. The van der Waals surface area contributed by atoms with Crippen molar-refractivity contribution >= 4 is 23.0 Å². The minimum atomic E-state index is -1.49. The van der Waals surface area contributed by atoms with Crippen molar-refractivity contribution in [2.75, 3.05) is 6.61 Å². The molecule has 1 aliphatic heterocycles. The Morgan fingerprint density at radius 3 is 2.23 bits per heavy atom. The highest BCUT2D eigenvalue weighted by atomic mass is 127. The largest absolute Gasteiger partial charge is 0.387 e. The number of aliphatic hydroxyl groups excluding tert-OH is 4. The molecule has 0 aromatic carbocycles. The van der Waals surface area contributed by atoms with Gasteiger partial charge in [0.05, 0.1) is 6.61 Å². The van der Waals surface area contributed by atoms with Crippen molar-refractivity contribution in [1.29, 1.82) is 0 Å². The van der Waals surface area contributed by atoms with E-state index in [1.807, 2.05) is 0 Å². The SMILES string of the molecule is OC1O[C@H](COI)[C@@H](O)[C@H](O)[C@@H]1O. The van der Waals surface area contributed by atoms with Crippen LogP contribution in [-0.2, 0) is 7.80 Å². The minimum Gasteiger partial charge on any atom is -0.387 e. The fraction of sp³-hybridized carbons (Fsp3) is 1.00. The summed E-state index contributed by atoms with van der Waals surface area (Å²) in [6.45, 7) is 0.0303. The second kappa shape index (κ2) is 4.82. The molecule has 7 heteroatoms. The summed E-state index contributed by atoms with van der Waals surface area (Å²) in [5, 5.41) is 36.7. The quantitative estimate of drug-likeness (QED) is 0.447. The van der Waals surface area contributed by atoms with Gasteiger partial charge < -0.3 is 28.2 Å². The first-order valence-corrected chi connectivity index (χ1v) is 4.57. The van der Waals surface area contributed by atoms with Crippen LogP contribution >= 0.6 is 23.0 Å². The van der Waals surface area contributed by atoms with E-state index in [0.717, 1.165) is 0 Å². The molecular formula is C6H11IO6. The highest BCUT2D eigenvalue weighted by Gasteiger charge is 2.42. The molecule has 1 fully saturated rings. The Hall–Kier alpha value is 0.490. The summed E-state index contributed by atoms with van der Waals surface area (Å²) >= 11 is 1.60. The van der Waals surface area contributed by atoms with E-state index in [2.05, 4.69) is 3.07 Å². The zero-order chi connectivity index (χ0) is 10.0. The summed E-state index contributed by atoms with van der Waals surface area (Å²) in [7, 11) is 0. The third-order valence-corrected chi connectivity index (χ3v) is 2.27. The molecular weight excluding hydrogens is 295 g/mol. The van der Waals surface area contributed by atoms with E-state index >= 15 is 0 Å². The van der Waals surface area contributed by atoms with Gasteiger partial charge in [0, 0.05) is 0 Å². The lowest BCUT2D eigenvalue weighted by Gasteiger charge is -2.37. The summed E-state index contributed by atoms with van der Waals surface area (Å²) in [6.07, 6.45) is -6.48. The van der Waals surface area contributed by atoms with E-state index in [0.29, 0.717) is 0 Å². The van der Waals surface area contributed by atoms with Crippen LogP contribution in [0.2, 0.25) is 0 Å². The highest BCUT2D eigenvalue weighted by molar-refractivity contribution is 14.1. The molecule has 0 aliphatic carbocycles. The van der Waals surface area contributed by atoms with Crippen molar-refractivity contribution < 1.29 is 28.2 Å². The van der Waals surface area contributed by atoms with Crippen LogP contribution in [0.5, 0.6) is 0 Å². The Morgan fingerprint density at radius 1 is 1.08 bits per heavy atom. The van der Waals surface area contributed by atoms with Crippen LogP contribution in [0.3, 0.4) is 0 Å². The number of halogens is 1. The maximum atomic E-state index is 9.33. The zero-order valence-corrected chi connectivity index (χ0v) is 8.73. The number of hydrogen-bond acceptors (Lipinski definition) is 6. The van der Waals surface area contributed by atoms with Crippen molar-refractivity contribution in [3.05, 3.63) is 0 Å². The average Bonchev–Trinajstić information content (AvgIpc) is 2.11. The monoisotopic (exact) mass is 306 g/mol. The van der Waals surface area contributed by atoms with Gasteiger partial charge in [0.1, 0.15) is 47.4 Å².